The van der Waals surface area contributed by atoms with Gasteiger partial charge in [-0.05, 0) is 92.3 Å². The van der Waals surface area contributed by atoms with Crippen LogP contribution in [0.3, 0.4) is 0 Å². The van der Waals surface area contributed by atoms with Crippen molar-refractivity contribution in [2.75, 3.05) is 32.7 Å². The van der Waals surface area contributed by atoms with E-state index in [2.05, 4.69) is 27.9 Å². The molecule has 0 amide bonds. The zero-order chi connectivity index (χ0) is 27.2. The number of carbonyl (C=O) groups is 1. The highest BCUT2D eigenvalue weighted by Gasteiger charge is 2.41. The summed E-state index contributed by atoms with van der Waals surface area (Å²) in [6, 6.07) is 14.8. The van der Waals surface area contributed by atoms with E-state index in [-0.39, 0.29) is 11.7 Å². The molecule has 3 fully saturated rings. The van der Waals surface area contributed by atoms with Crippen LogP contribution in [-0.4, -0.2) is 59.6 Å². The molecular formula is C34H43FN2O2. The van der Waals surface area contributed by atoms with E-state index in [9.17, 15) is 14.3 Å². The third kappa shape index (κ3) is 7.10. The number of halogens is 1. The van der Waals surface area contributed by atoms with Crippen molar-refractivity contribution in [1.29, 1.82) is 0 Å². The Kier molecular flexibility index (Phi) is 9.37. The molecule has 3 aliphatic rings. The molecule has 5 heteroatoms. The minimum atomic E-state index is -0.703. The van der Waals surface area contributed by atoms with E-state index in [1.165, 1.54) is 43.7 Å². The van der Waals surface area contributed by atoms with Gasteiger partial charge in [0.15, 0.2) is 0 Å². The molecule has 208 valence electrons. The van der Waals surface area contributed by atoms with Crippen LogP contribution in [0.15, 0.2) is 48.5 Å². The standard InChI is InChI=1S/C34H43FN2O2/c1-2-27-11-3-4-12-28(27)13-6-8-25-16-18-36(19-17-25)22-30-23-37(33(34(38)39)20-26-9-5-10-26)24-32(30)29-14-7-15-31(35)21-29/h1,3-4,7,11-12,14-15,21,25-26,30,32-33H,5-6,8-10,13,16-20,22-24H2,(H,38,39)/t30-,32+,33+/m0/s1. The number of carboxylic acids is 1. The Morgan fingerprint density at radius 3 is 2.54 bits per heavy atom. The number of likely N-dealkylation sites (tertiary alicyclic amines) is 2. The Bertz CT molecular complexity index is 1150. The van der Waals surface area contributed by atoms with Gasteiger partial charge in [-0.3, -0.25) is 9.69 Å². The van der Waals surface area contributed by atoms with E-state index in [1.54, 1.807) is 12.1 Å². The van der Waals surface area contributed by atoms with Gasteiger partial charge >= 0.3 is 5.97 Å². The lowest BCUT2D eigenvalue weighted by atomic mass is 9.80. The normalized spacial score (nSPS) is 23.8. The minimum Gasteiger partial charge on any atom is -0.480 e. The molecule has 3 atom stereocenters. The number of hydrogen-bond acceptors (Lipinski definition) is 3. The second-order valence-electron chi connectivity index (χ2n) is 12.2. The van der Waals surface area contributed by atoms with Crippen molar-refractivity contribution in [3.63, 3.8) is 0 Å². The van der Waals surface area contributed by atoms with Crippen molar-refractivity contribution >= 4 is 5.97 Å². The summed E-state index contributed by atoms with van der Waals surface area (Å²) in [6.45, 7) is 4.60. The molecule has 1 aliphatic carbocycles. The quantitative estimate of drug-likeness (QED) is 0.351. The van der Waals surface area contributed by atoms with Crippen molar-refractivity contribution in [2.24, 2.45) is 17.8 Å². The molecule has 2 aliphatic heterocycles. The van der Waals surface area contributed by atoms with Gasteiger partial charge in [-0.25, -0.2) is 4.39 Å². The number of nitrogens with zero attached hydrogens (tertiary/aromatic N) is 2. The molecule has 5 rings (SSSR count). The lowest BCUT2D eigenvalue weighted by molar-refractivity contribution is -0.144. The predicted octanol–water partition coefficient (Wildman–Crippen LogP) is 6.20. The average Bonchev–Trinajstić information content (AvgIpc) is 3.32. The molecular weight excluding hydrogens is 487 g/mol. The van der Waals surface area contributed by atoms with Crippen LogP contribution in [0.5, 0.6) is 0 Å². The van der Waals surface area contributed by atoms with Gasteiger partial charge in [0, 0.05) is 31.1 Å². The second kappa shape index (κ2) is 13.1. The van der Waals surface area contributed by atoms with E-state index in [1.807, 2.05) is 18.2 Å². The fourth-order valence-corrected chi connectivity index (χ4v) is 7.16. The molecule has 2 aromatic rings. The molecule has 0 bridgehead atoms. The fraction of sp³-hybridized carbons (Fsp3) is 0.559. The number of carboxylic acid groups (broad SMARTS) is 1. The van der Waals surface area contributed by atoms with Gasteiger partial charge in [0.25, 0.3) is 0 Å². The van der Waals surface area contributed by atoms with Gasteiger partial charge in [0.2, 0.25) is 0 Å². The number of hydrogen-bond donors (Lipinski definition) is 1. The van der Waals surface area contributed by atoms with Gasteiger partial charge in [0.05, 0.1) is 0 Å². The molecule has 4 nitrogen and oxygen atoms in total. The van der Waals surface area contributed by atoms with Crippen LogP contribution in [0, 0.1) is 35.9 Å². The highest BCUT2D eigenvalue weighted by Crippen LogP contribution is 2.38. The number of terminal acetylenes is 1. The molecule has 1 saturated carbocycles. The first-order valence-electron chi connectivity index (χ1n) is 15.0. The third-order valence-corrected chi connectivity index (χ3v) is 9.68. The largest absolute Gasteiger partial charge is 0.480 e. The number of aryl methyl sites for hydroxylation is 1. The van der Waals surface area contributed by atoms with Crippen molar-refractivity contribution in [2.45, 2.75) is 69.7 Å². The average molecular weight is 531 g/mol. The van der Waals surface area contributed by atoms with Crippen LogP contribution < -0.4 is 0 Å². The summed E-state index contributed by atoms with van der Waals surface area (Å²) in [4.78, 5) is 17.1. The minimum absolute atomic E-state index is 0.165. The smallest absolute Gasteiger partial charge is 0.320 e. The van der Waals surface area contributed by atoms with Crippen LogP contribution in [0.25, 0.3) is 0 Å². The molecule has 2 aromatic carbocycles. The molecule has 2 heterocycles. The van der Waals surface area contributed by atoms with Crippen LogP contribution >= 0.6 is 0 Å². The number of aliphatic carboxylic acids is 1. The van der Waals surface area contributed by atoms with E-state index < -0.39 is 12.0 Å². The number of rotatable bonds is 11. The third-order valence-electron chi connectivity index (χ3n) is 9.68. The highest BCUT2D eigenvalue weighted by atomic mass is 19.1. The molecule has 1 N–H and O–H groups in total. The van der Waals surface area contributed by atoms with Gasteiger partial charge in [0.1, 0.15) is 11.9 Å². The fourth-order valence-electron chi connectivity index (χ4n) is 7.16. The first kappa shape index (κ1) is 27.9. The maximum atomic E-state index is 14.2. The van der Waals surface area contributed by atoms with Gasteiger partial charge in [-0.15, -0.1) is 6.42 Å². The lowest BCUT2D eigenvalue weighted by Gasteiger charge is -2.35. The lowest BCUT2D eigenvalue weighted by Crippen LogP contribution is -2.43. The van der Waals surface area contributed by atoms with Crippen molar-refractivity contribution in [3.8, 4) is 12.3 Å². The Hall–Kier alpha value is -2.68. The van der Waals surface area contributed by atoms with Gasteiger partial charge < -0.3 is 10.0 Å². The predicted molar refractivity (Wildman–Crippen MR) is 154 cm³/mol. The van der Waals surface area contributed by atoms with Gasteiger partial charge in [-0.2, -0.15) is 0 Å². The summed E-state index contributed by atoms with van der Waals surface area (Å²) in [5.41, 5.74) is 3.31. The summed E-state index contributed by atoms with van der Waals surface area (Å²) in [5, 5.41) is 10.1. The van der Waals surface area contributed by atoms with Crippen molar-refractivity contribution in [3.05, 3.63) is 71.0 Å². The number of benzene rings is 2. The molecule has 0 aromatic heterocycles. The SMILES string of the molecule is C#Cc1ccccc1CCCC1CCN(C[C@H]2CN([C@H](CC3CCC3)C(=O)O)C[C@@H]2c2cccc(F)c2)CC1. The van der Waals surface area contributed by atoms with Crippen LogP contribution in [0.2, 0.25) is 0 Å². The molecule has 39 heavy (non-hydrogen) atoms. The molecule has 0 radical (unpaired) electrons. The summed E-state index contributed by atoms with van der Waals surface area (Å²) < 4.78 is 14.2. The summed E-state index contributed by atoms with van der Waals surface area (Å²) in [6.07, 6.45) is 15.8. The first-order chi connectivity index (χ1) is 19.0. The molecule has 0 spiro atoms. The van der Waals surface area contributed by atoms with Gasteiger partial charge in [-0.1, -0.05) is 61.9 Å². The maximum absolute atomic E-state index is 14.2. The topological polar surface area (TPSA) is 43.8 Å². The Morgan fingerprint density at radius 2 is 1.85 bits per heavy atom. The monoisotopic (exact) mass is 530 g/mol. The van der Waals surface area contributed by atoms with Crippen molar-refractivity contribution < 1.29 is 14.3 Å². The molecule has 2 saturated heterocycles. The Balaban J connectivity index is 1.17. The zero-order valence-corrected chi connectivity index (χ0v) is 23.1. The maximum Gasteiger partial charge on any atom is 0.320 e. The van der Waals surface area contributed by atoms with Crippen LogP contribution in [-0.2, 0) is 11.2 Å². The first-order valence-corrected chi connectivity index (χ1v) is 15.0. The van der Waals surface area contributed by atoms with E-state index in [4.69, 9.17) is 6.42 Å². The molecule has 0 unspecified atom stereocenters. The van der Waals surface area contributed by atoms with Crippen molar-refractivity contribution in [1.82, 2.24) is 9.80 Å². The zero-order valence-electron chi connectivity index (χ0n) is 23.1. The summed E-state index contributed by atoms with van der Waals surface area (Å²) in [7, 11) is 0. The Morgan fingerprint density at radius 1 is 1.05 bits per heavy atom. The summed E-state index contributed by atoms with van der Waals surface area (Å²) >= 11 is 0. The number of piperidine rings is 1. The highest BCUT2D eigenvalue weighted by molar-refractivity contribution is 5.73. The van der Waals surface area contributed by atoms with E-state index in [0.29, 0.717) is 18.4 Å². The van der Waals surface area contributed by atoms with Crippen LogP contribution in [0.4, 0.5) is 4.39 Å². The van der Waals surface area contributed by atoms with Crippen LogP contribution in [0.1, 0.15) is 74.0 Å². The summed E-state index contributed by atoms with van der Waals surface area (Å²) in [5.74, 6) is 3.66. The second-order valence-corrected chi connectivity index (χ2v) is 12.2. The van der Waals surface area contributed by atoms with E-state index >= 15 is 0 Å². The van der Waals surface area contributed by atoms with E-state index in [0.717, 1.165) is 68.9 Å². The Labute approximate surface area is 233 Å².